The second-order valence-electron chi connectivity index (χ2n) is 4.47. The van der Waals surface area contributed by atoms with E-state index in [2.05, 4.69) is 15.9 Å². The lowest BCUT2D eigenvalue weighted by molar-refractivity contribution is 0.0282. The molecule has 0 saturated heterocycles. The van der Waals surface area contributed by atoms with Crippen molar-refractivity contribution in [3.05, 3.63) is 27.7 Å². The molecule has 0 heterocycles. The summed E-state index contributed by atoms with van der Waals surface area (Å²) in [6.45, 7) is 7.77. The molecule has 0 aliphatic rings. The van der Waals surface area contributed by atoms with E-state index in [0.29, 0.717) is 6.61 Å². The first-order valence-corrected chi connectivity index (χ1v) is 5.71. The van der Waals surface area contributed by atoms with Gasteiger partial charge < -0.3 is 9.84 Å². The Morgan fingerprint density at radius 2 is 1.87 bits per heavy atom. The zero-order valence-corrected chi connectivity index (χ0v) is 11.2. The minimum absolute atomic E-state index is 0.301. The highest BCUT2D eigenvalue weighted by Gasteiger charge is 2.14. The van der Waals surface area contributed by atoms with Crippen LogP contribution in [0.25, 0.3) is 0 Å². The molecule has 3 heteroatoms. The molecule has 15 heavy (non-hydrogen) atoms. The van der Waals surface area contributed by atoms with Crippen LogP contribution in [0.3, 0.4) is 0 Å². The SMILES string of the molecule is Cc1cc(OCC(C)(C)O)c(C)cc1Br. The topological polar surface area (TPSA) is 29.5 Å². The molecule has 84 valence electrons. The van der Waals surface area contributed by atoms with Crippen LogP contribution < -0.4 is 4.74 Å². The Bertz CT molecular complexity index is 353. The van der Waals surface area contributed by atoms with Gasteiger partial charge in [0.25, 0.3) is 0 Å². The number of aryl methyl sites for hydroxylation is 2. The summed E-state index contributed by atoms with van der Waals surface area (Å²) in [6.07, 6.45) is 0. The molecule has 0 amide bonds. The number of rotatable bonds is 3. The summed E-state index contributed by atoms with van der Waals surface area (Å²) in [5, 5.41) is 9.56. The molecule has 0 radical (unpaired) electrons. The first kappa shape index (κ1) is 12.5. The van der Waals surface area contributed by atoms with Crippen molar-refractivity contribution in [1.29, 1.82) is 0 Å². The van der Waals surface area contributed by atoms with Gasteiger partial charge in [0.05, 0.1) is 5.60 Å². The summed E-state index contributed by atoms with van der Waals surface area (Å²) in [4.78, 5) is 0. The van der Waals surface area contributed by atoms with Crippen LogP contribution in [0, 0.1) is 13.8 Å². The van der Waals surface area contributed by atoms with Crippen molar-refractivity contribution in [1.82, 2.24) is 0 Å². The number of benzene rings is 1. The monoisotopic (exact) mass is 272 g/mol. The van der Waals surface area contributed by atoms with Gasteiger partial charge in [0.15, 0.2) is 0 Å². The average Bonchev–Trinajstić information content (AvgIpc) is 2.07. The minimum Gasteiger partial charge on any atom is -0.490 e. The number of aliphatic hydroxyl groups is 1. The van der Waals surface area contributed by atoms with Crippen LogP contribution in [-0.2, 0) is 0 Å². The van der Waals surface area contributed by atoms with E-state index < -0.39 is 5.60 Å². The van der Waals surface area contributed by atoms with Crippen LogP contribution in [0.15, 0.2) is 16.6 Å². The molecule has 2 nitrogen and oxygen atoms in total. The zero-order valence-electron chi connectivity index (χ0n) is 9.60. The molecule has 1 aromatic carbocycles. The maximum atomic E-state index is 9.56. The fourth-order valence-corrected chi connectivity index (χ4v) is 1.62. The lowest BCUT2D eigenvalue weighted by atomic mass is 10.1. The van der Waals surface area contributed by atoms with Crippen molar-refractivity contribution in [2.45, 2.75) is 33.3 Å². The molecular formula is C12H17BrO2. The molecule has 0 saturated carbocycles. The third-order valence-corrected chi connectivity index (χ3v) is 2.89. The molecule has 0 atom stereocenters. The van der Waals surface area contributed by atoms with Gasteiger partial charge in [0.1, 0.15) is 12.4 Å². The van der Waals surface area contributed by atoms with E-state index in [1.54, 1.807) is 13.8 Å². The number of halogens is 1. The summed E-state index contributed by atoms with van der Waals surface area (Å²) in [5.41, 5.74) is 1.40. The second-order valence-corrected chi connectivity index (χ2v) is 5.32. The molecule has 1 N–H and O–H groups in total. The molecule has 1 aromatic rings. The van der Waals surface area contributed by atoms with Crippen LogP contribution >= 0.6 is 15.9 Å². The summed E-state index contributed by atoms with van der Waals surface area (Å²) in [7, 11) is 0. The first-order chi connectivity index (χ1) is 6.79. The molecule has 0 unspecified atom stereocenters. The Labute approximate surface area is 99.4 Å². The highest BCUT2D eigenvalue weighted by molar-refractivity contribution is 9.10. The number of ether oxygens (including phenoxy) is 1. The zero-order chi connectivity index (χ0) is 11.6. The Morgan fingerprint density at radius 1 is 1.27 bits per heavy atom. The Morgan fingerprint density at radius 3 is 2.40 bits per heavy atom. The van der Waals surface area contributed by atoms with Gasteiger partial charge in [-0.15, -0.1) is 0 Å². The summed E-state index contributed by atoms with van der Waals surface area (Å²) in [5.74, 6) is 0.831. The van der Waals surface area contributed by atoms with Crippen molar-refractivity contribution >= 4 is 15.9 Å². The van der Waals surface area contributed by atoms with Gasteiger partial charge in [0.2, 0.25) is 0 Å². The molecule has 0 fully saturated rings. The van der Waals surface area contributed by atoms with Crippen molar-refractivity contribution in [3.63, 3.8) is 0 Å². The third-order valence-electron chi connectivity index (χ3n) is 2.04. The molecule has 0 aromatic heterocycles. The molecule has 0 spiro atoms. The van der Waals surface area contributed by atoms with Gasteiger partial charge in [-0.3, -0.25) is 0 Å². The van der Waals surface area contributed by atoms with Crippen molar-refractivity contribution < 1.29 is 9.84 Å². The summed E-state index contributed by atoms with van der Waals surface area (Å²) >= 11 is 3.47. The highest BCUT2D eigenvalue weighted by Crippen LogP contribution is 2.26. The smallest absolute Gasteiger partial charge is 0.122 e. The molecule has 0 aliphatic heterocycles. The van der Waals surface area contributed by atoms with Crippen LogP contribution in [0.2, 0.25) is 0 Å². The van der Waals surface area contributed by atoms with Crippen LogP contribution in [0.5, 0.6) is 5.75 Å². The normalized spacial score (nSPS) is 11.6. The molecule has 0 aliphatic carbocycles. The van der Waals surface area contributed by atoms with E-state index in [1.165, 1.54) is 0 Å². The van der Waals surface area contributed by atoms with Crippen LogP contribution in [0.4, 0.5) is 0 Å². The van der Waals surface area contributed by atoms with E-state index in [1.807, 2.05) is 26.0 Å². The van der Waals surface area contributed by atoms with E-state index in [9.17, 15) is 5.11 Å². The second kappa shape index (κ2) is 4.54. The Hall–Kier alpha value is -0.540. The predicted molar refractivity (Wildman–Crippen MR) is 65.4 cm³/mol. The van der Waals surface area contributed by atoms with Gasteiger partial charge in [-0.2, -0.15) is 0 Å². The number of hydrogen-bond donors (Lipinski definition) is 1. The standard InChI is InChI=1S/C12H17BrO2/c1-8-6-11(9(2)5-10(8)13)15-7-12(3,4)14/h5-6,14H,7H2,1-4H3. The van der Waals surface area contributed by atoms with Gasteiger partial charge >= 0.3 is 0 Å². The van der Waals surface area contributed by atoms with Crippen molar-refractivity contribution in [2.24, 2.45) is 0 Å². The van der Waals surface area contributed by atoms with Gasteiger partial charge in [0, 0.05) is 4.47 Å². The molecule has 0 bridgehead atoms. The van der Waals surface area contributed by atoms with Gasteiger partial charge in [-0.1, -0.05) is 15.9 Å². The van der Waals surface area contributed by atoms with Crippen molar-refractivity contribution in [2.75, 3.05) is 6.61 Å². The van der Waals surface area contributed by atoms with Crippen LogP contribution in [0.1, 0.15) is 25.0 Å². The molecule has 1 rings (SSSR count). The van der Waals surface area contributed by atoms with E-state index in [4.69, 9.17) is 4.74 Å². The lowest BCUT2D eigenvalue weighted by Gasteiger charge is -2.19. The van der Waals surface area contributed by atoms with Crippen molar-refractivity contribution in [3.8, 4) is 5.75 Å². The lowest BCUT2D eigenvalue weighted by Crippen LogP contribution is -2.28. The largest absolute Gasteiger partial charge is 0.490 e. The fraction of sp³-hybridized carbons (Fsp3) is 0.500. The van der Waals surface area contributed by atoms with Crippen LogP contribution in [-0.4, -0.2) is 17.3 Å². The van der Waals surface area contributed by atoms with E-state index in [0.717, 1.165) is 21.3 Å². The van der Waals surface area contributed by atoms with E-state index in [-0.39, 0.29) is 0 Å². The van der Waals surface area contributed by atoms with E-state index >= 15 is 0 Å². The highest BCUT2D eigenvalue weighted by atomic mass is 79.9. The predicted octanol–water partition coefficient (Wildman–Crippen LogP) is 3.22. The third kappa shape index (κ3) is 3.84. The quantitative estimate of drug-likeness (QED) is 0.916. The fourth-order valence-electron chi connectivity index (χ4n) is 1.16. The Balaban J connectivity index is 2.82. The maximum absolute atomic E-state index is 9.56. The summed E-state index contributed by atoms with van der Waals surface area (Å²) < 4.78 is 6.65. The minimum atomic E-state index is -0.798. The van der Waals surface area contributed by atoms with Gasteiger partial charge in [-0.25, -0.2) is 0 Å². The van der Waals surface area contributed by atoms with Gasteiger partial charge in [-0.05, 0) is 51.0 Å². The summed E-state index contributed by atoms with van der Waals surface area (Å²) in [6, 6.07) is 4.00. The maximum Gasteiger partial charge on any atom is 0.122 e. The Kier molecular flexibility index (Phi) is 3.79. The number of hydrogen-bond acceptors (Lipinski definition) is 2. The first-order valence-electron chi connectivity index (χ1n) is 4.91. The average molecular weight is 273 g/mol. The molecular weight excluding hydrogens is 256 g/mol.